The third-order valence-electron chi connectivity index (χ3n) is 4.90. The van der Waals surface area contributed by atoms with Crippen molar-refractivity contribution in [1.82, 2.24) is 20.4 Å². The molecule has 0 saturated carbocycles. The average molecular weight is 376 g/mol. The number of morpholine rings is 1. The number of guanidine groups is 1. The summed E-state index contributed by atoms with van der Waals surface area (Å²) in [4.78, 5) is 9.57. The van der Waals surface area contributed by atoms with Crippen LogP contribution >= 0.6 is 0 Å². The van der Waals surface area contributed by atoms with Crippen molar-refractivity contribution in [3.8, 4) is 0 Å². The van der Waals surface area contributed by atoms with Crippen molar-refractivity contribution in [2.24, 2.45) is 4.99 Å². The molecule has 1 fully saturated rings. The quantitative estimate of drug-likeness (QED) is 0.368. The molecule has 0 aliphatic carbocycles. The maximum atomic E-state index is 5.40. The van der Waals surface area contributed by atoms with E-state index in [1.165, 1.54) is 5.56 Å². The van der Waals surface area contributed by atoms with E-state index in [1.54, 1.807) is 0 Å². The number of hydrogen-bond acceptors (Lipinski definition) is 4. The van der Waals surface area contributed by atoms with Crippen molar-refractivity contribution in [3.63, 3.8) is 0 Å². The van der Waals surface area contributed by atoms with E-state index in [9.17, 15) is 0 Å². The van der Waals surface area contributed by atoms with E-state index in [1.807, 2.05) is 0 Å². The monoisotopic (exact) mass is 375 g/mol. The molecule has 0 amide bonds. The Kier molecular flexibility index (Phi) is 10.2. The van der Waals surface area contributed by atoms with Crippen molar-refractivity contribution in [2.45, 2.75) is 25.8 Å². The highest BCUT2D eigenvalue weighted by atomic mass is 16.5. The van der Waals surface area contributed by atoms with Gasteiger partial charge < -0.3 is 20.3 Å². The summed E-state index contributed by atoms with van der Waals surface area (Å²) in [6.07, 6.45) is 2.12. The van der Waals surface area contributed by atoms with Crippen LogP contribution in [0.3, 0.4) is 0 Å². The van der Waals surface area contributed by atoms with Gasteiger partial charge in [0.1, 0.15) is 0 Å². The second kappa shape index (κ2) is 12.7. The number of hydrogen-bond donors (Lipinski definition) is 2. The van der Waals surface area contributed by atoms with E-state index in [0.29, 0.717) is 6.04 Å². The second-order valence-corrected chi connectivity index (χ2v) is 7.26. The van der Waals surface area contributed by atoms with Crippen LogP contribution < -0.4 is 10.6 Å². The molecule has 1 atom stereocenters. The molecule has 1 heterocycles. The lowest BCUT2D eigenvalue weighted by Gasteiger charge is -2.26. The lowest BCUT2D eigenvalue weighted by molar-refractivity contribution is 0.0376. The summed E-state index contributed by atoms with van der Waals surface area (Å²) in [6, 6.07) is 11.0. The Balaban J connectivity index is 1.78. The molecule has 0 radical (unpaired) electrons. The molecule has 6 heteroatoms. The van der Waals surface area contributed by atoms with Gasteiger partial charge in [-0.15, -0.1) is 0 Å². The second-order valence-electron chi connectivity index (χ2n) is 7.26. The van der Waals surface area contributed by atoms with Crippen LogP contribution in [0.4, 0.5) is 0 Å². The molecule has 6 nitrogen and oxygen atoms in total. The molecule has 1 saturated heterocycles. The summed E-state index contributed by atoms with van der Waals surface area (Å²) >= 11 is 0. The highest BCUT2D eigenvalue weighted by Crippen LogP contribution is 2.07. The van der Waals surface area contributed by atoms with E-state index in [2.05, 4.69) is 71.8 Å². The molecule has 0 spiro atoms. The maximum absolute atomic E-state index is 5.40. The number of benzene rings is 1. The largest absolute Gasteiger partial charge is 0.379 e. The first kappa shape index (κ1) is 21.7. The standard InChI is InChI=1S/C21H37N5O/c1-4-22-21(23-11-8-12-26-13-15-27-16-14-26)24-18-20(25(2)3)17-19-9-6-5-7-10-19/h5-7,9-10,20H,4,8,11-18H2,1-3H3,(H2,22,23,24). The number of likely N-dealkylation sites (N-methyl/N-ethyl adjacent to an activating group) is 1. The predicted molar refractivity (Wildman–Crippen MR) is 113 cm³/mol. The highest BCUT2D eigenvalue weighted by molar-refractivity contribution is 5.79. The average Bonchev–Trinajstić information content (AvgIpc) is 2.69. The molecule has 2 rings (SSSR count). The molecule has 1 aromatic rings. The summed E-state index contributed by atoms with van der Waals surface area (Å²) in [7, 11) is 4.26. The minimum Gasteiger partial charge on any atom is -0.379 e. The van der Waals surface area contributed by atoms with Crippen LogP contribution in [0.1, 0.15) is 18.9 Å². The molecule has 0 aromatic heterocycles. The van der Waals surface area contributed by atoms with Gasteiger partial charge in [-0.3, -0.25) is 9.89 Å². The van der Waals surface area contributed by atoms with Gasteiger partial charge in [-0.1, -0.05) is 30.3 Å². The third kappa shape index (κ3) is 8.73. The van der Waals surface area contributed by atoms with Crippen LogP contribution in [-0.2, 0) is 11.2 Å². The van der Waals surface area contributed by atoms with Gasteiger partial charge in [-0.25, -0.2) is 0 Å². The predicted octanol–water partition coefficient (Wildman–Crippen LogP) is 1.44. The zero-order valence-corrected chi connectivity index (χ0v) is 17.3. The Morgan fingerprint density at radius 1 is 1.19 bits per heavy atom. The first-order valence-electron chi connectivity index (χ1n) is 10.2. The normalized spacial score (nSPS) is 17.1. The molecule has 1 aliphatic rings. The van der Waals surface area contributed by atoms with E-state index in [0.717, 1.165) is 71.3 Å². The van der Waals surface area contributed by atoms with Gasteiger partial charge in [0.05, 0.1) is 19.8 Å². The van der Waals surface area contributed by atoms with Crippen LogP contribution in [0.2, 0.25) is 0 Å². The molecule has 1 aromatic carbocycles. The Hall–Kier alpha value is -1.63. The Morgan fingerprint density at radius 3 is 2.59 bits per heavy atom. The van der Waals surface area contributed by atoms with Crippen molar-refractivity contribution in [2.75, 3.05) is 66.6 Å². The number of rotatable bonds is 10. The fourth-order valence-electron chi connectivity index (χ4n) is 3.17. The van der Waals surface area contributed by atoms with Gasteiger partial charge in [0, 0.05) is 32.2 Å². The molecule has 1 aliphatic heterocycles. The van der Waals surface area contributed by atoms with Gasteiger partial charge in [0.15, 0.2) is 5.96 Å². The van der Waals surface area contributed by atoms with Crippen LogP contribution in [0.15, 0.2) is 35.3 Å². The first-order valence-corrected chi connectivity index (χ1v) is 10.2. The molecular formula is C21H37N5O. The Labute approximate surface area is 165 Å². The Bertz CT molecular complexity index is 529. The Morgan fingerprint density at radius 2 is 1.93 bits per heavy atom. The van der Waals surface area contributed by atoms with Crippen LogP contribution in [0.25, 0.3) is 0 Å². The van der Waals surface area contributed by atoms with Crippen molar-refractivity contribution in [3.05, 3.63) is 35.9 Å². The van der Waals surface area contributed by atoms with Gasteiger partial charge >= 0.3 is 0 Å². The van der Waals surface area contributed by atoms with Gasteiger partial charge in [-0.05, 0) is 46.0 Å². The number of nitrogens with zero attached hydrogens (tertiary/aromatic N) is 3. The highest BCUT2D eigenvalue weighted by Gasteiger charge is 2.13. The third-order valence-corrected chi connectivity index (χ3v) is 4.90. The lowest BCUT2D eigenvalue weighted by atomic mass is 10.1. The first-order chi connectivity index (χ1) is 13.2. The molecule has 27 heavy (non-hydrogen) atoms. The van der Waals surface area contributed by atoms with E-state index >= 15 is 0 Å². The zero-order valence-electron chi connectivity index (χ0n) is 17.3. The van der Waals surface area contributed by atoms with Crippen LogP contribution in [0.5, 0.6) is 0 Å². The minimum absolute atomic E-state index is 0.385. The summed E-state index contributed by atoms with van der Waals surface area (Å²) < 4.78 is 5.40. The van der Waals surface area contributed by atoms with E-state index < -0.39 is 0 Å². The fraction of sp³-hybridized carbons (Fsp3) is 0.667. The van der Waals surface area contributed by atoms with Crippen molar-refractivity contribution >= 4 is 5.96 Å². The molecule has 1 unspecified atom stereocenters. The van der Waals surface area contributed by atoms with Crippen LogP contribution in [-0.4, -0.2) is 88.4 Å². The smallest absolute Gasteiger partial charge is 0.191 e. The number of nitrogens with one attached hydrogen (secondary N) is 2. The summed E-state index contributed by atoms with van der Waals surface area (Å²) in [5, 5.41) is 6.85. The van der Waals surface area contributed by atoms with Gasteiger partial charge in [0.25, 0.3) is 0 Å². The minimum atomic E-state index is 0.385. The van der Waals surface area contributed by atoms with Crippen molar-refractivity contribution < 1.29 is 4.74 Å². The molecular weight excluding hydrogens is 338 g/mol. The summed E-state index contributed by atoms with van der Waals surface area (Å²) in [5.41, 5.74) is 1.36. The zero-order chi connectivity index (χ0) is 19.3. The van der Waals surface area contributed by atoms with Crippen molar-refractivity contribution in [1.29, 1.82) is 0 Å². The van der Waals surface area contributed by atoms with Gasteiger partial charge in [0.2, 0.25) is 0 Å². The van der Waals surface area contributed by atoms with E-state index in [-0.39, 0.29) is 0 Å². The number of ether oxygens (including phenoxy) is 1. The lowest BCUT2D eigenvalue weighted by Crippen LogP contribution is -2.41. The fourth-order valence-corrected chi connectivity index (χ4v) is 3.17. The summed E-state index contributed by atoms with van der Waals surface area (Å²) in [6.45, 7) is 9.66. The van der Waals surface area contributed by atoms with Crippen LogP contribution in [0, 0.1) is 0 Å². The van der Waals surface area contributed by atoms with E-state index in [4.69, 9.17) is 9.73 Å². The maximum Gasteiger partial charge on any atom is 0.191 e. The molecule has 2 N–H and O–H groups in total. The summed E-state index contributed by atoms with van der Waals surface area (Å²) in [5.74, 6) is 0.916. The number of aliphatic imine (C=N–C) groups is 1. The topological polar surface area (TPSA) is 52.1 Å². The molecule has 0 bridgehead atoms. The van der Waals surface area contributed by atoms with Gasteiger partial charge in [-0.2, -0.15) is 0 Å². The SMILES string of the molecule is CCNC(=NCC(Cc1ccccc1)N(C)C)NCCCN1CCOCC1. The molecule has 152 valence electrons.